The van der Waals surface area contributed by atoms with E-state index in [0.29, 0.717) is 35.4 Å². The Hall–Kier alpha value is -2.44. The van der Waals surface area contributed by atoms with Gasteiger partial charge in [0.2, 0.25) is 0 Å². The van der Waals surface area contributed by atoms with E-state index >= 15 is 0 Å². The van der Waals surface area contributed by atoms with Crippen LogP contribution in [0.5, 0.6) is 11.5 Å². The Balaban J connectivity index is 1.54. The van der Waals surface area contributed by atoms with Crippen molar-refractivity contribution in [2.75, 3.05) is 13.2 Å². The molecule has 1 aromatic carbocycles. The Morgan fingerprint density at radius 2 is 2.11 bits per heavy atom. The van der Waals surface area contributed by atoms with Crippen LogP contribution >= 0.6 is 23.2 Å². The number of halogens is 2. The van der Waals surface area contributed by atoms with Gasteiger partial charge in [-0.2, -0.15) is 0 Å². The van der Waals surface area contributed by atoms with Crippen LogP contribution in [0.3, 0.4) is 0 Å². The zero-order valence-electron chi connectivity index (χ0n) is 15.6. The summed E-state index contributed by atoms with van der Waals surface area (Å²) < 4.78 is 13.1. The van der Waals surface area contributed by atoms with Gasteiger partial charge in [-0.25, -0.2) is 4.98 Å². The van der Waals surface area contributed by atoms with Crippen molar-refractivity contribution in [2.45, 2.75) is 26.4 Å². The standard InChI is InChI=1S/C20H21Cl2N3O3/c1-3-27-18-5-4-10-25-12-15(24-19(18)25)8-9-23-20(26)13(2)28-17-7-6-14(21)11-16(17)22/h4-7,10-13H,3,8-9H2,1-2H3,(H,23,26). The van der Waals surface area contributed by atoms with Crippen LogP contribution < -0.4 is 14.8 Å². The first kappa shape index (κ1) is 20.3. The van der Waals surface area contributed by atoms with E-state index in [0.717, 1.165) is 17.1 Å². The summed E-state index contributed by atoms with van der Waals surface area (Å²) in [6.45, 7) is 4.62. The maximum Gasteiger partial charge on any atom is 0.260 e. The van der Waals surface area contributed by atoms with E-state index in [4.69, 9.17) is 32.7 Å². The second-order valence-corrected chi connectivity index (χ2v) is 6.99. The first-order chi connectivity index (χ1) is 13.5. The van der Waals surface area contributed by atoms with Gasteiger partial charge in [0.05, 0.1) is 17.3 Å². The van der Waals surface area contributed by atoms with Crippen molar-refractivity contribution in [3.63, 3.8) is 0 Å². The highest BCUT2D eigenvalue weighted by Gasteiger charge is 2.16. The fraction of sp³-hybridized carbons (Fsp3) is 0.300. The molecule has 2 heterocycles. The van der Waals surface area contributed by atoms with Gasteiger partial charge in [0, 0.05) is 30.4 Å². The molecule has 0 radical (unpaired) electrons. The molecular weight excluding hydrogens is 401 g/mol. The number of carbonyl (C=O) groups is 1. The molecular formula is C20H21Cl2N3O3. The van der Waals surface area contributed by atoms with Crippen LogP contribution in [0.2, 0.25) is 10.0 Å². The van der Waals surface area contributed by atoms with Crippen molar-refractivity contribution in [3.8, 4) is 11.5 Å². The Morgan fingerprint density at radius 3 is 2.86 bits per heavy atom. The number of ether oxygens (including phenoxy) is 2. The van der Waals surface area contributed by atoms with E-state index in [-0.39, 0.29) is 5.91 Å². The number of fused-ring (bicyclic) bond motifs is 1. The van der Waals surface area contributed by atoms with E-state index in [1.807, 2.05) is 35.9 Å². The largest absolute Gasteiger partial charge is 0.490 e. The first-order valence-corrected chi connectivity index (χ1v) is 9.72. The van der Waals surface area contributed by atoms with E-state index < -0.39 is 6.10 Å². The molecule has 0 saturated carbocycles. The average molecular weight is 422 g/mol. The number of nitrogens with zero attached hydrogens (tertiary/aromatic N) is 2. The molecule has 28 heavy (non-hydrogen) atoms. The van der Waals surface area contributed by atoms with Gasteiger partial charge in [0.15, 0.2) is 17.5 Å². The lowest BCUT2D eigenvalue weighted by Crippen LogP contribution is -2.37. The highest BCUT2D eigenvalue weighted by molar-refractivity contribution is 6.35. The zero-order chi connectivity index (χ0) is 20.1. The monoisotopic (exact) mass is 421 g/mol. The van der Waals surface area contributed by atoms with Crippen LogP contribution in [-0.4, -0.2) is 34.5 Å². The number of carbonyl (C=O) groups excluding carboxylic acids is 1. The molecule has 1 N–H and O–H groups in total. The van der Waals surface area contributed by atoms with Crippen molar-refractivity contribution in [3.05, 3.63) is 58.5 Å². The van der Waals surface area contributed by atoms with E-state index in [9.17, 15) is 4.79 Å². The fourth-order valence-electron chi connectivity index (χ4n) is 2.70. The Kier molecular flexibility index (Phi) is 6.65. The molecule has 3 aromatic rings. The average Bonchev–Trinajstić information content (AvgIpc) is 3.08. The molecule has 0 aliphatic heterocycles. The molecule has 0 aliphatic carbocycles. The molecule has 0 aliphatic rings. The number of hydrogen-bond donors (Lipinski definition) is 1. The topological polar surface area (TPSA) is 64.9 Å². The Morgan fingerprint density at radius 1 is 1.29 bits per heavy atom. The van der Waals surface area contributed by atoms with Crippen LogP contribution in [0.1, 0.15) is 19.5 Å². The van der Waals surface area contributed by atoms with Gasteiger partial charge >= 0.3 is 0 Å². The molecule has 1 unspecified atom stereocenters. The van der Waals surface area contributed by atoms with E-state index in [2.05, 4.69) is 10.3 Å². The maximum atomic E-state index is 12.3. The van der Waals surface area contributed by atoms with Gasteiger partial charge in [-0.15, -0.1) is 0 Å². The smallest absolute Gasteiger partial charge is 0.260 e. The predicted octanol–water partition coefficient (Wildman–Crippen LogP) is 4.17. The van der Waals surface area contributed by atoms with Gasteiger partial charge in [0.25, 0.3) is 5.91 Å². The minimum atomic E-state index is -0.690. The summed E-state index contributed by atoms with van der Waals surface area (Å²) in [5.41, 5.74) is 1.63. The van der Waals surface area contributed by atoms with Gasteiger partial charge in [-0.05, 0) is 44.2 Å². The second kappa shape index (κ2) is 9.17. The third-order valence-corrected chi connectivity index (χ3v) is 4.57. The molecule has 2 aromatic heterocycles. The molecule has 3 rings (SSSR count). The van der Waals surface area contributed by atoms with Gasteiger partial charge in [-0.1, -0.05) is 23.2 Å². The molecule has 0 bridgehead atoms. The molecule has 8 heteroatoms. The molecule has 6 nitrogen and oxygen atoms in total. The van der Waals surface area contributed by atoms with Crippen molar-refractivity contribution in [1.82, 2.24) is 14.7 Å². The number of nitrogens with one attached hydrogen (secondary N) is 1. The van der Waals surface area contributed by atoms with Gasteiger partial charge in [0.1, 0.15) is 5.75 Å². The molecule has 1 amide bonds. The van der Waals surface area contributed by atoms with Crippen molar-refractivity contribution in [2.24, 2.45) is 0 Å². The van der Waals surface area contributed by atoms with Crippen LogP contribution in [-0.2, 0) is 11.2 Å². The van der Waals surface area contributed by atoms with E-state index in [1.165, 1.54) is 0 Å². The second-order valence-electron chi connectivity index (χ2n) is 6.14. The maximum absolute atomic E-state index is 12.3. The summed E-state index contributed by atoms with van der Waals surface area (Å²) in [7, 11) is 0. The van der Waals surface area contributed by atoms with Crippen LogP contribution in [0.4, 0.5) is 0 Å². The van der Waals surface area contributed by atoms with Crippen molar-refractivity contribution < 1.29 is 14.3 Å². The number of amides is 1. The SMILES string of the molecule is CCOc1cccn2cc(CCNC(=O)C(C)Oc3ccc(Cl)cc3Cl)nc12. The lowest BCUT2D eigenvalue weighted by molar-refractivity contribution is -0.127. The third kappa shape index (κ3) is 4.88. The summed E-state index contributed by atoms with van der Waals surface area (Å²) in [5.74, 6) is 0.921. The number of hydrogen-bond acceptors (Lipinski definition) is 4. The predicted molar refractivity (Wildman–Crippen MR) is 110 cm³/mol. The highest BCUT2D eigenvalue weighted by Crippen LogP contribution is 2.28. The number of aromatic nitrogens is 2. The van der Waals surface area contributed by atoms with Crippen LogP contribution in [0, 0.1) is 0 Å². The normalized spacial score (nSPS) is 12.0. The summed E-state index contributed by atoms with van der Waals surface area (Å²) in [6.07, 6.45) is 3.74. The summed E-state index contributed by atoms with van der Waals surface area (Å²) >= 11 is 11.9. The molecule has 148 valence electrons. The molecule has 1 atom stereocenters. The number of pyridine rings is 1. The Bertz CT molecular complexity index is 974. The van der Waals surface area contributed by atoms with Gasteiger partial charge < -0.3 is 19.2 Å². The van der Waals surface area contributed by atoms with Crippen molar-refractivity contribution in [1.29, 1.82) is 0 Å². The molecule has 0 saturated heterocycles. The minimum absolute atomic E-state index is 0.232. The van der Waals surface area contributed by atoms with Crippen LogP contribution in [0.15, 0.2) is 42.7 Å². The minimum Gasteiger partial charge on any atom is -0.490 e. The lowest BCUT2D eigenvalue weighted by Gasteiger charge is -2.15. The summed E-state index contributed by atoms with van der Waals surface area (Å²) in [6, 6.07) is 8.67. The zero-order valence-corrected chi connectivity index (χ0v) is 17.1. The van der Waals surface area contributed by atoms with Gasteiger partial charge in [-0.3, -0.25) is 4.79 Å². The first-order valence-electron chi connectivity index (χ1n) is 8.96. The summed E-state index contributed by atoms with van der Waals surface area (Å²) in [5, 5.41) is 3.72. The summed E-state index contributed by atoms with van der Waals surface area (Å²) in [4.78, 5) is 16.9. The van der Waals surface area contributed by atoms with Crippen molar-refractivity contribution >= 4 is 34.8 Å². The quantitative estimate of drug-likeness (QED) is 0.592. The molecule has 0 fully saturated rings. The van der Waals surface area contributed by atoms with E-state index in [1.54, 1.807) is 25.1 Å². The highest BCUT2D eigenvalue weighted by atomic mass is 35.5. The van der Waals surface area contributed by atoms with Crippen LogP contribution in [0.25, 0.3) is 5.65 Å². The third-order valence-electron chi connectivity index (χ3n) is 4.04. The number of rotatable bonds is 8. The number of imidazole rings is 1. The Labute approximate surface area is 173 Å². The lowest BCUT2D eigenvalue weighted by atomic mass is 10.3. The molecule has 0 spiro atoms. The number of benzene rings is 1. The fourth-order valence-corrected chi connectivity index (χ4v) is 3.15.